The van der Waals surface area contributed by atoms with Crippen LogP contribution < -0.4 is 5.73 Å². The van der Waals surface area contributed by atoms with Gasteiger partial charge in [0, 0.05) is 29.7 Å². The molecule has 0 saturated heterocycles. The molecule has 0 amide bonds. The monoisotopic (exact) mass is 290 g/mol. The Kier molecular flexibility index (Phi) is 3.03. The Hall–Kier alpha value is -1.34. The highest BCUT2D eigenvalue weighted by molar-refractivity contribution is 7.98. The fraction of sp³-hybridized carbons (Fsp3) is 0.615. The van der Waals surface area contributed by atoms with Crippen molar-refractivity contribution in [2.24, 2.45) is 5.73 Å². The van der Waals surface area contributed by atoms with E-state index < -0.39 is 0 Å². The van der Waals surface area contributed by atoms with Gasteiger partial charge in [-0.2, -0.15) is 0 Å². The molecule has 2 aliphatic carbocycles. The van der Waals surface area contributed by atoms with Gasteiger partial charge in [-0.05, 0) is 25.7 Å². The quantitative estimate of drug-likeness (QED) is 0.822. The first-order valence-electron chi connectivity index (χ1n) is 7.14. The zero-order valence-electron chi connectivity index (χ0n) is 11.3. The summed E-state index contributed by atoms with van der Waals surface area (Å²) in [5.74, 6) is 1.80. The van der Waals surface area contributed by atoms with Crippen LogP contribution in [0.3, 0.4) is 0 Å². The zero-order valence-corrected chi connectivity index (χ0v) is 12.1. The van der Waals surface area contributed by atoms with Gasteiger partial charge in [0.25, 0.3) is 0 Å². The van der Waals surface area contributed by atoms with Crippen LogP contribution in [0.2, 0.25) is 0 Å². The van der Waals surface area contributed by atoms with Crippen molar-refractivity contribution < 1.29 is 0 Å². The highest BCUT2D eigenvalue weighted by Gasteiger charge is 2.29. The lowest BCUT2D eigenvalue weighted by molar-refractivity contribution is 0.626. The molecule has 7 heteroatoms. The standard InChI is InChI=1S/C13H18N6S/c14-5-12-16-17-13(19(12)10-3-4-10)20-7-11-6-15-8-18(11)9-1-2-9/h6,8-10H,1-5,7,14H2. The predicted octanol–water partition coefficient (Wildman–Crippen LogP) is 1.90. The molecule has 20 heavy (non-hydrogen) atoms. The summed E-state index contributed by atoms with van der Waals surface area (Å²) in [6.45, 7) is 0.462. The Bertz CT molecular complexity index is 610. The zero-order chi connectivity index (χ0) is 13.5. The highest BCUT2D eigenvalue weighted by atomic mass is 32.2. The van der Waals surface area contributed by atoms with E-state index >= 15 is 0 Å². The van der Waals surface area contributed by atoms with E-state index in [9.17, 15) is 0 Å². The van der Waals surface area contributed by atoms with E-state index in [1.54, 1.807) is 11.8 Å². The molecule has 6 nitrogen and oxygen atoms in total. The van der Waals surface area contributed by atoms with Gasteiger partial charge in [-0.1, -0.05) is 11.8 Å². The summed E-state index contributed by atoms with van der Waals surface area (Å²) >= 11 is 1.74. The number of hydrogen-bond acceptors (Lipinski definition) is 5. The van der Waals surface area contributed by atoms with E-state index in [4.69, 9.17) is 5.73 Å². The van der Waals surface area contributed by atoms with Gasteiger partial charge in [0.05, 0.1) is 12.9 Å². The summed E-state index contributed by atoms with van der Waals surface area (Å²) in [5.41, 5.74) is 7.02. The van der Waals surface area contributed by atoms with Crippen LogP contribution in [-0.2, 0) is 12.3 Å². The molecule has 2 heterocycles. The first-order chi connectivity index (χ1) is 9.86. The van der Waals surface area contributed by atoms with Crippen molar-refractivity contribution in [3.63, 3.8) is 0 Å². The van der Waals surface area contributed by atoms with E-state index in [-0.39, 0.29) is 0 Å². The fourth-order valence-corrected chi connectivity index (χ4v) is 3.50. The number of thioether (sulfide) groups is 1. The third-order valence-electron chi connectivity index (χ3n) is 3.87. The summed E-state index contributed by atoms with van der Waals surface area (Å²) in [7, 11) is 0. The topological polar surface area (TPSA) is 74.6 Å². The lowest BCUT2D eigenvalue weighted by Gasteiger charge is -2.08. The van der Waals surface area contributed by atoms with Crippen LogP contribution in [0.5, 0.6) is 0 Å². The molecule has 0 aromatic carbocycles. The maximum Gasteiger partial charge on any atom is 0.191 e. The van der Waals surface area contributed by atoms with Crippen LogP contribution in [-0.4, -0.2) is 24.3 Å². The van der Waals surface area contributed by atoms with Crippen molar-refractivity contribution in [3.8, 4) is 0 Å². The van der Waals surface area contributed by atoms with Crippen LogP contribution in [0.25, 0.3) is 0 Å². The van der Waals surface area contributed by atoms with Crippen molar-refractivity contribution >= 4 is 11.8 Å². The normalized spacial score (nSPS) is 18.6. The van der Waals surface area contributed by atoms with Crippen LogP contribution in [0.4, 0.5) is 0 Å². The van der Waals surface area contributed by atoms with Crippen molar-refractivity contribution in [1.29, 1.82) is 0 Å². The molecular formula is C13H18N6S. The lowest BCUT2D eigenvalue weighted by Crippen LogP contribution is -2.08. The molecule has 2 N–H and O–H groups in total. The Balaban J connectivity index is 1.51. The number of aromatic nitrogens is 5. The molecule has 0 unspecified atom stereocenters. The molecule has 2 aliphatic rings. The summed E-state index contributed by atoms with van der Waals surface area (Å²) in [6, 6.07) is 1.24. The Labute approximate surface area is 121 Å². The van der Waals surface area contributed by atoms with Gasteiger partial charge in [0.2, 0.25) is 0 Å². The maximum atomic E-state index is 5.75. The molecule has 2 aromatic rings. The number of imidazole rings is 1. The van der Waals surface area contributed by atoms with Crippen LogP contribution >= 0.6 is 11.8 Å². The summed E-state index contributed by atoms with van der Waals surface area (Å²) in [5, 5.41) is 9.51. The van der Waals surface area contributed by atoms with E-state index in [2.05, 4.69) is 24.3 Å². The molecule has 0 spiro atoms. The first kappa shape index (κ1) is 12.4. The molecule has 0 bridgehead atoms. The first-order valence-corrected chi connectivity index (χ1v) is 8.12. The Morgan fingerprint density at radius 3 is 2.70 bits per heavy atom. The molecule has 4 rings (SSSR count). The van der Waals surface area contributed by atoms with E-state index in [0.29, 0.717) is 18.6 Å². The Morgan fingerprint density at radius 2 is 2.00 bits per heavy atom. The molecule has 106 valence electrons. The molecule has 0 atom stereocenters. The Morgan fingerprint density at radius 1 is 1.20 bits per heavy atom. The molecular weight excluding hydrogens is 272 g/mol. The average Bonchev–Trinajstić information content (AvgIpc) is 3.40. The minimum absolute atomic E-state index is 0.462. The number of nitrogens with zero attached hydrogens (tertiary/aromatic N) is 5. The summed E-state index contributed by atoms with van der Waals surface area (Å²) in [6.07, 6.45) is 8.92. The second-order valence-electron chi connectivity index (χ2n) is 5.52. The SMILES string of the molecule is NCc1nnc(SCc2cncn2C2CC2)n1C1CC1. The maximum absolute atomic E-state index is 5.75. The largest absolute Gasteiger partial charge is 0.331 e. The number of rotatable bonds is 6. The van der Waals surface area contributed by atoms with Gasteiger partial charge >= 0.3 is 0 Å². The molecule has 2 saturated carbocycles. The van der Waals surface area contributed by atoms with Gasteiger partial charge in [-0.15, -0.1) is 10.2 Å². The molecule has 0 aliphatic heterocycles. The van der Waals surface area contributed by atoms with Gasteiger partial charge in [-0.3, -0.25) is 0 Å². The van der Waals surface area contributed by atoms with Gasteiger partial charge in [0.15, 0.2) is 5.16 Å². The van der Waals surface area contributed by atoms with E-state index in [1.165, 1.54) is 31.4 Å². The molecule has 0 radical (unpaired) electrons. The van der Waals surface area contributed by atoms with Crippen LogP contribution in [0.1, 0.15) is 49.3 Å². The number of nitrogens with two attached hydrogens (primary N) is 1. The minimum Gasteiger partial charge on any atom is -0.331 e. The van der Waals surface area contributed by atoms with Crippen molar-refractivity contribution in [2.75, 3.05) is 0 Å². The summed E-state index contributed by atoms with van der Waals surface area (Å²) in [4.78, 5) is 4.27. The van der Waals surface area contributed by atoms with Crippen LogP contribution in [0, 0.1) is 0 Å². The third-order valence-corrected chi connectivity index (χ3v) is 4.84. The predicted molar refractivity (Wildman–Crippen MR) is 76.2 cm³/mol. The van der Waals surface area contributed by atoms with Crippen molar-refractivity contribution in [1.82, 2.24) is 24.3 Å². The van der Waals surface area contributed by atoms with Gasteiger partial charge in [0.1, 0.15) is 5.82 Å². The fourth-order valence-electron chi connectivity index (χ4n) is 2.51. The van der Waals surface area contributed by atoms with Gasteiger partial charge < -0.3 is 14.9 Å². The smallest absolute Gasteiger partial charge is 0.191 e. The van der Waals surface area contributed by atoms with E-state index in [0.717, 1.165) is 16.7 Å². The third kappa shape index (κ3) is 2.25. The average molecular weight is 290 g/mol. The van der Waals surface area contributed by atoms with Gasteiger partial charge in [-0.25, -0.2) is 4.98 Å². The van der Waals surface area contributed by atoms with Crippen LogP contribution in [0.15, 0.2) is 17.7 Å². The second-order valence-corrected chi connectivity index (χ2v) is 6.46. The lowest BCUT2D eigenvalue weighted by atomic mass is 10.5. The minimum atomic E-state index is 0.462. The van der Waals surface area contributed by atoms with Crippen molar-refractivity contribution in [2.45, 2.75) is 55.2 Å². The second kappa shape index (κ2) is 4.89. The van der Waals surface area contributed by atoms with Crippen molar-refractivity contribution in [3.05, 3.63) is 24.0 Å². The number of hydrogen-bond donors (Lipinski definition) is 1. The highest BCUT2D eigenvalue weighted by Crippen LogP contribution is 2.40. The molecule has 2 fully saturated rings. The van der Waals surface area contributed by atoms with E-state index in [1.807, 2.05) is 12.5 Å². The summed E-state index contributed by atoms with van der Waals surface area (Å²) < 4.78 is 4.52. The molecule has 2 aromatic heterocycles.